The molecule has 2 nitrogen and oxygen atoms in total. The predicted molar refractivity (Wildman–Crippen MR) is 82.3 cm³/mol. The molecule has 1 unspecified atom stereocenters. The van der Waals surface area contributed by atoms with Crippen molar-refractivity contribution in [3.05, 3.63) is 33.9 Å². The van der Waals surface area contributed by atoms with Gasteiger partial charge < -0.3 is 5.11 Å². The number of carboxylic acid groups (broad SMARTS) is 1. The van der Waals surface area contributed by atoms with Crippen LogP contribution >= 0.6 is 0 Å². The van der Waals surface area contributed by atoms with Gasteiger partial charge in [0.2, 0.25) is 0 Å². The van der Waals surface area contributed by atoms with E-state index in [1.54, 1.807) is 0 Å². The summed E-state index contributed by atoms with van der Waals surface area (Å²) in [6, 6.07) is 2.22. The SMILES string of the molecule is Cc1cc(C)c(C)c(C(CC(=O)O)C2CCCC2)c1C. The van der Waals surface area contributed by atoms with Crippen molar-refractivity contribution in [3.8, 4) is 0 Å². The lowest BCUT2D eigenvalue weighted by atomic mass is 9.77. The molecule has 0 bridgehead atoms. The average Bonchev–Trinajstić information content (AvgIpc) is 2.88. The summed E-state index contributed by atoms with van der Waals surface area (Å²) in [6.07, 6.45) is 5.15. The summed E-state index contributed by atoms with van der Waals surface area (Å²) in [5.41, 5.74) is 6.49. The van der Waals surface area contributed by atoms with E-state index in [9.17, 15) is 9.90 Å². The third-order valence-corrected chi connectivity index (χ3v) is 5.16. The van der Waals surface area contributed by atoms with Crippen LogP contribution in [0.5, 0.6) is 0 Å². The van der Waals surface area contributed by atoms with Crippen molar-refractivity contribution in [1.82, 2.24) is 0 Å². The van der Waals surface area contributed by atoms with Gasteiger partial charge in [0.1, 0.15) is 0 Å². The quantitative estimate of drug-likeness (QED) is 0.866. The van der Waals surface area contributed by atoms with Gasteiger partial charge in [0.25, 0.3) is 0 Å². The van der Waals surface area contributed by atoms with E-state index in [2.05, 4.69) is 33.8 Å². The second-order valence-electron chi connectivity index (χ2n) is 6.42. The largest absolute Gasteiger partial charge is 0.481 e. The van der Waals surface area contributed by atoms with Crippen LogP contribution in [0.4, 0.5) is 0 Å². The van der Waals surface area contributed by atoms with Gasteiger partial charge in [0, 0.05) is 0 Å². The number of aliphatic carboxylic acids is 1. The third kappa shape index (κ3) is 2.89. The molecule has 2 heteroatoms. The summed E-state index contributed by atoms with van der Waals surface area (Å²) < 4.78 is 0. The van der Waals surface area contributed by atoms with Crippen LogP contribution in [0.25, 0.3) is 0 Å². The van der Waals surface area contributed by atoms with Gasteiger partial charge in [0.15, 0.2) is 0 Å². The zero-order valence-electron chi connectivity index (χ0n) is 13.1. The molecule has 0 amide bonds. The van der Waals surface area contributed by atoms with Crippen molar-refractivity contribution in [2.75, 3.05) is 0 Å². The Hall–Kier alpha value is -1.31. The molecule has 1 N–H and O–H groups in total. The first-order valence-electron chi connectivity index (χ1n) is 7.71. The molecule has 1 aromatic carbocycles. The Labute approximate surface area is 122 Å². The van der Waals surface area contributed by atoms with Crippen LogP contribution in [-0.2, 0) is 4.79 Å². The molecule has 1 saturated carbocycles. The first kappa shape index (κ1) is 15.1. The molecule has 1 fully saturated rings. The third-order valence-electron chi connectivity index (χ3n) is 5.16. The second-order valence-corrected chi connectivity index (χ2v) is 6.42. The highest BCUT2D eigenvalue weighted by Gasteiger charge is 2.30. The molecule has 1 atom stereocenters. The minimum atomic E-state index is -0.667. The summed E-state index contributed by atoms with van der Waals surface area (Å²) in [7, 11) is 0. The van der Waals surface area contributed by atoms with E-state index in [1.165, 1.54) is 53.5 Å². The fourth-order valence-corrected chi connectivity index (χ4v) is 3.86. The maximum atomic E-state index is 11.3. The topological polar surface area (TPSA) is 37.3 Å². The first-order chi connectivity index (χ1) is 9.41. The number of benzene rings is 1. The van der Waals surface area contributed by atoms with Crippen molar-refractivity contribution < 1.29 is 9.90 Å². The van der Waals surface area contributed by atoms with Crippen molar-refractivity contribution in [2.24, 2.45) is 5.92 Å². The Balaban J connectivity index is 2.49. The van der Waals surface area contributed by atoms with Gasteiger partial charge in [-0.3, -0.25) is 4.79 Å². The van der Waals surface area contributed by atoms with E-state index in [0.717, 1.165) is 0 Å². The lowest BCUT2D eigenvalue weighted by molar-refractivity contribution is -0.137. The molecule has 0 radical (unpaired) electrons. The lowest BCUT2D eigenvalue weighted by Crippen LogP contribution is -2.17. The van der Waals surface area contributed by atoms with Crippen molar-refractivity contribution >= 4 is 5.97 Å². The van der Waals surface area contributed by atoms with Crippen LogP contribution < -0.4 is 0 Å². The summed E-state index contributed by atoms with van der Waals surface area (Å²) in [4.78, 5) is 11.3. The minimum absolute atomic E-state index is 0.189. The standard InChI is InChI=1S/C18H26O2/c1-11-9-12(2)14(4)18(13(11)3)16(10-17(19)20)15-7-5-6-8-15/h9,15-16H,5-8,10H2,1-4H3,(H,19,20). The summed E-state index contributed by atoms with van der Waals surface area (Å²) >= 11 is 0. The zero-order chi connectivity index (χ0) is 14.9. The fraction of sp³-hybridized carbons (Fsp3) is 0.611. The van der Waals surface area contributed by atoms with Crippen LogP contribution in [-0.4, -0.2) is 11.1 Å². The van der Waals surface area contributed by atoms with Crippen LogP contribution in [0.2, 0.25) is 0 Å². The molecule has 0 aromatic heterocycles. The maximum absolute atomic E-state index is 11.3. The summed E-state index contributed by atoms with van der Waals surface area (Å²) in [6.45, 7) is 8.58. The Kier molecular flexibility index (Phi) is 4.52. The van der Waals surface area contributed by atoms with E-state index in [1.807, 2.05) is 0 Å². The molecule has 1 aliphatic rings. The molecule has 20 heavy (non-hydrogen) atoms. The van der Waals surface area contributed by atoms with Gasteiger partial charge in [-0.05, 0) is 80.2 Å². The number of aryl methyl sites for hydroxylation is 2. The van der Waals surface area contributed by atoms with Crippen LogP contribution in [0.15, 0.2) is 6.07 Å². The van der Waals surface area contributed by atoms with E-state index in [-0.39, 0.29) is 12.3 Å². The maximum Gasteiger partial charge on any atom is 0.303 e. The fourth-order valence-electron chi connectivity index (χ4n) is 3.86. The van der Waals surface area contributed by atoms with E-state index < -0.39 is 5.97 Å². The molecular weight excluding hydrogens is 248 g/mol. The zero-order valence-corrected chi connectivity index (χ0v) is 13.1. The van der Waals surface area contributed by atoms with Crippen molar-refractivity contribution in [1.29, 1.82) is 0 Å². The molecule has 0 spiro atoms. The highest BCUT2D eigenvalue weighted by molar-refractivity contribution is 5.68. The predicted octanol–water partition coefficient (Wildman–Crippen LogP) is 4.67. The summed E-state index contributed by atoms with van der Waals surface area (Å²) in [5.74, 6) is 0.0677. The number of carbonyl (C=O) groups is 1. The van der Waals surface area contributed by atoms with Gasteiger partial charge in [-0.2, -0.15) is 0 Å². The molecule has 0 aliphatic heterocycles. The molecule has 110 valence electrons. The van der Waals surface area contributed by atoms with E-state index >= 15 is 0 Å². The Morgan fingerprint density at radius 3 is 2.10 bits per heavy atom. The normalized spacial score (nSPS) is 17.4. The van der Waals surface area contributed by atoms with Gasteiger partial charge >= 0.3 is 5.97 Å². The molecule has 2 rings (SSSR count). The number of carboxylic acids is 1. The summed E-state index contributed by atoms with van der Waals surface area (Å²) in [5, 5.41) is 9.33. The first-order valence-corrected chi connectivity index (χ1v) is 7.71. The monoisotopic (exact) mass is 274 g/mol. The van der Waals surface area contributed by atoms with Crippen LogP contribution in [0.3, 0.4) is 0 Å². The molecule has 0 heterocycles. The second kappa shape index (κ2) is 5.99. The smallest absolute Gasteiger partial charge is 0.303 e. The van der Waals surface area contributed by atoms with Gasteiger partial charge in [-0.1, -0.05) is 18.9 Å². The number of rotatable bonds is 4. The molecular formula is C18H26O2. The molecule has 1 aromatic rings. The lowest BCUT2D eigenvalue weighted by Gasteiger charge is -2.27. The Bertz CT molecular complexity index is 484. The highest BCUT2D eigenvalue weighted by Crippen LogP contribution is 2.42. The number of hydrogen-bond donors (Lipinski definition) is 1. The van der Waals surface area contributed by atoms with E-state index in [0.29, 0.717) is 5.92 Å². The van der Waals surface area contributed by atoms with Gasteiger partial charge in [0.05, 0.1) is 6.42 Å². The van der Waals surface area contributed by atoms with Crippen LogP contribution in [0, 0.1) is 33.6 Å². The van der Waals surface area contributed by atoms with E-state index in [4.69, 9.17) is 0 Å². The minimum Gasteiger partial charge on any atom is -0.481 e. The number of hydrogen-bond acceptors (Lipinski definition) is 1. The molecule has 0 saturated heterocycles. The highest BCUT2D eigenvalue weighted by atomic mass is 16.4. The van der Waals surface area contributed by atoms with Crippen LogP contribution in [0.1, 0.15) is 65.8 Å². The molecule has 1 aliphatic carbocycles. The van der Waals surface area contributed by atoms with Gasteiger partial charge in [-0.15, -0.1) is 0 Å². The Morgan fingerprint density at radius 1 is 1.15 bits per heavy atom. The van der Waals surface area contributed by atoms with Gasteiger partial charge in [-0.25, -0.2) is 0 Å². The van der Waals surface area contributed by atoms with Crippen molar-refractivity contribution in [2.45, 2.75) is 65.7 Å². The average molecular weight is 274 g/mol. The Morgan fingerprint density at radius 2 is 1.65 bits per heavy atom. The van der Waals surface area contributed by atoms with Crippen molar-refractivity contribution in [3.63, 3.8) is 0 Å².